The van der Waals surface area contributed by atoms with Gasteiger partial charge in [-0.05, 0) is 62.1 Å². The molecule has 0 radical (unpaired) electrons. The van der Waals surface area contributed by atoms with Gasteiger partial charge in [-0.3, -0.25) is 14.4 Å². The highest BCUT2D eigenvalue weighted by Gasteiger charge is 2.35. The molecule has 0 bridgehead atoms. The van der Waals surface area contributed by atoms with Gasteiger partial charge in [0.15, 0.2) is 5.69 Å². The second-order valence-electron chi connectivity index (χ2n) is 8.68. The van der Waals surface area contributed by atoms with Crippen molar-refractivity contribution in [3.8, 4) is 5.69 Å². The number of nitrogens with zero attached hydrogens (tertiary/aromatic N) is 4. The number of para-hydroxylation sites is 1. The molecular formula is C25H24FN5O3. The van der Waals surface area contributed by atoms with Gasteiger partial charge >= 0.3 is 0 Å². The first-order valence-corrected chi connectivity index (χ1v) is 11.2. The predicted molar refractivity (Wildman–Crippen MR) is 125 cm³/mol. The fourth-order valence-electron chi connectivity index (χ4n) is 4.87. The third-order valence-electron chi connectivity index (χ3n) is 6.51. The van der Waals surface area contributed by atoms with Gasteiger partial charge in [0, 0.05) is 36.4 Å². The summed E-state index contributed by atoms with van der Waals surface area (Å²) < 4.78 is 16.0. The van der Waals surface area contributed by atoms with Crippen LogP contribution in [0.25, 0.3) is 5.69 Å². The van der Waals surface area contributed by atoms with E-state index < -0.39 is 17.6 Å². The minimum absolute atomic E-state index is 0.0234. The zero-order valence-corrected chi connectivity index (χ0v) is 19.0. The third kappa shape index (κ3) is 3.35. The Labute approximate surface area is 195 Å². The monoisotopic (exact) mass is 461 g/mol. The van der Waals surface area contributed by atoms with Gasteiger partial charge < -0.3 is 15.5 Å². The van der Waals surface area contributed by atoms with E-state index in [1.165, 1.54) is 10.7 Å². The van der Waals surface area contributed by atoms with Crippen LogP contribution in [-0.2, 0) is 11.2 Å². The number of carbonyl (C=O) groups excluding carboxylic acids is 3. The molecule has 0 saturated carbocycles. The summed E-state index contributed by atoms with van der Waals surface area (Å²) >= 11 is 0. The number of rotatable bonds is 4. The highest BCUT2D eigenvalue weighted by atomic mass is 19.1. The highest BCUT2D eigenvalue weighted by Crippen LogP contribution is 2.33. The number of nitrogens with two attached hydrogens (primary N) is 1. The molecule has 3 amide bonds. The molecule has 0 atom stereocenters. The maximum absolute atomic E-state index is 14.8. The van der Waals surface area contributed by atoms with E-state index in [4.69, 9.17) is 5.73 Å². The summed E-state index contributed by atoms with van der Waals surface area (Å²) in [7, 11) is 0. The third-order valence-corrected chi connectivity index (χ3v) is 6.51. The van der Waals surface area contributed by atoms with Crippen LogP contribution >= 0.6 is 0 Å². The lowest BCUT2D eigenvalue weighted by molar-refractivity contribution is -0.117. The molecule has 8 nitrogen and oxygen atoms in total. The Balaban J connectivity index is 1.59. The molecule has 5 rings (SSSR count). The molecule has 2 aromatic carbocycles. The topological polar surface area (TPSA) is 102 Å². The second kappa shape index (κ2) is 8.09. The van der Waals surface area contributed by atoms with Crippen LogP contribution < -0.4 is 15.5 Å². The first-order chi connectivity index (χ1) is 16.3. The molecule has 1 fully saturated rings. The first kappa shape index (κ1) is 21.8. The van der Waals surface area contributed by atoms with Crippen LogP contribution in [0, 0.1) is 19.7 Å². The van der Waals surface area contributed by atoms with Gasteiger partial charge in [-0.15, -0.1) is 0 Å². The Morgan fingerprint density at radius 2 is 1.82 bits per heavy atom. The quantitative estimate of drug-likeness (QED) is 0.645. The minimum atomic E-state index is -0.763. The summed E-state index contributed by atoms with van der Waals surface area (Å²) in [6.45, 7) is 4.61. The number of fused-ring (bicyclic) bond motifs is 1. The minimum Gasteiger partial charge on any atom is -0.364 e. The molecule has 2 aliphatic heterocycles. The molecule has 1 aromatic heterocycles. The Morgan fingerprint density at radius 1 is 1.03 bits per heavy atom. The second-order valence-corrected chi connectivity index (χ2v) is 8.68. The zero-order chi connectivity index (χ0) is 24.1. The highest BCUT2D eigenvalue weighted by molar-refractivity contribution is 6.10. The van der Waals surface area contributed by atoms with E-state index in [9.17, 15) is 18.8 Å². The fourth-order valence-corrected chi connectivity index (χ4v) is 4.87. The average molecular weight is 461 g/mol. The Morgan fingerprint density at radius 3 is 2.47 bits per heavy atom. The van der Waals surface area contributed by atoms with Gasteiger partial charge in [0.05, 0.1) is 0 Å². The van der Waals surface area contributed by atoms with Gasteiger partial charge in [0.1, 0.15) is 17.2 Å². The zero-order valence-electron chi connectivity index (χ0n) is 19.0. The van der Waals surface area contributed by atoms with Gasteiger partial charge in [0.2, 0.25) is 5.91 Å². The molecule has 2 aliphatic rings. The van der Waals surface area contributed by atoms with Crippen LogP contribution in [0.5, 0.6) is 0 Å². The molecule has 2 N–H and O–H groups in total. The summed E-state index contributed by atoms with van der Waals surface area (Å²) in [5.41, 5.74) is 9.12. The van der Waals surface area contributed by atoms with E-state index >= 15 is 0 Å². The summed E-state index contributed by atoms with van der Waals surface area (Å²) in [4.78, 5) is 41.3. The lowest BCUT2D eigenvalue weighted by Gasteiger charge is -2.29. The number of carbonyl (C=O) groups is 3. The van der Waals surface area contributed by atoms with Crippen molar-refractivity contribution in [1.82, 2.24) is 9.78 Å². The maximum Gasteiger partial charge on any atom is 0.277 e. The maximum atomic E-state index is 14.8. The number of primary amides is 1. The predicted octanol–water partition coefficient (Wildman–Crippen LogP) is 3.06. The van der Waals surface area contributed by atoms with Gasteiger partial charge in [-0.2, -0.15) is 5.10 Å². The SMILES string of the molecule is Cc1cc(N2CCc3c(C(N)=O)nn(-c4c(C)cccc4F)c3C2=O)ccc1N1CCCC1=O. The largest absolute Gasteiger partial charge is 0.364 e. The van der Waals surface area contributed by atoms with Crippen LogP contribution in [0.15, 0.2) is 36.4 Å². The molecule has 3 aromatic rings. The van der Waals surface area contributed by atoms with Crippen molar-refractivity contribution in [3.05, 3.63) is 70.3 Å². The fraction of sp³-hybridized carbons (Fsp3) is 0.280. The number of aryl methyl sites for hydroxylation is 2. The van der Waals surface area contributed by atoms with Crippen molar-refractivity contribution in [2.24, 2.45) is 5.73 Å². The van der Waals surface area contributed by atoms with Crippen LogP contribution in [0.1, 0.15) is 50.5 Å². The van der Waals surface area contributed by atoms with E-state index in [1.807, 2.05) is 19.1 Å². The number of halogens is 1. The Hall–Kier alpha value is -4.01. The molecule has 0 spiro atoms. The van der Waals surface area contributed by atoms with E-state index in [2.05, 4.69) is 5.10 Å². The van der Waals surface area contributed by atoms with Crippen LogP contribution in [-0.4, -0.2) is 40.6 Å². The van der Waals surface area contributed by atoms with E-state index in [-0.39, 0.29) is 23.0 Å². The standard InChI is InChI=1S/C25H24FN5O3/c1-14-5-3-6-18(26)22(14)31-23-17(21(28-31)24(27)33)10-12-29(25(23)34)16-8-9-19(15(2)13-16)30-11-4-7-20(30)32/h3,5-6,8-9,13H,4,7,10-12H2,1-2H3,(H2,27,33). The Kier molecular flexibility index (Phi) is 5.19. The number of amides is 3. The average Bonchev–Trinajstić information content (AvgIpc) is 3.38. The van der Waals surface area contributed by atoms with Crippen molar-refractivity contribution in [2.75, 3.05) is 22.9 Å². The normalized spacial score (nSPS) is 15.7. The molecule has 174 valence electrons. The van der Waals surface area contributed by atoms with E-state index in [0.717, 1.165) is 17.7 Å². The molecule has 9 heteroatoms. The van der Waals surface area contributed by atoms with E-state index in [1.54, 1.807) is 34.9 Å². The van der Waals surface area contributed by atoms with E-state index in [0.29, 0.717) is 42.7 Å². The van der Waals surface area contributed by atoms with Crippen molar-refractivity contribution in [3.63, 3.8) is 0 Å². The number of aromatic nitrogens is 2. The molecule has 34 heavy (non-hydrogen) atoms. The molecule has 0 unspecified atom stereocenters. The molecule has 3 heterocycles. The molecule has 1 saturated heterocycles. The van der Waals surface area contributed by atoms with Gasteiger partial charge in [-0.1, -0.05) is 12.1 Å². The lowest BCUT2D eigenvalue weighted by atomic mass is 10.0. The van der Waals surface area contributed by atoms with Gasteiger partial charge in [0.25, 0.3) is 11.8 Å². The summed E-state index contributed by atoms with van der Waals surface area (Å²) in [5, 5.41) is 4.26. The molecular weight excluding hydrogens is 437 g/mol. The summed E-state index contributed by atoms with van der Waals surface area (Å²) in [6, 6.07) is 10.1. The molecule has 0 aliphatic carbocycles. The van der Waals surface area contributed by atoms with Crippen molar-refractivity contribution >= 4 is 29.1 Å². The Bertz CT molecular complexity index is 1340. The smallest absolute Gasteiger partial charge is 0.277 e. The van der Waals surface area contributed by atoms with Crippen molar-refractivity contribution < 1.29 is 18.8 Å². The number of hydrogen-bond donors (Lipinski definition) is 1. The van der Waals surface area contributed by atoms with Gasteiger partial charge in [-0.25, -0.2) is 9.07 Å². The number of hydrogen-bond acceptors (Lipinski definition) is 4. The number of benzene rings is 2. The lowest BCUT2D eigenvalue weighted by Crippen LogP contribution is -2.39. The summed E-state index contributed by atoms with van der Waals surface area (Å²) in [5.74, 6) is -1.62. The first-order valence-electron chi connectivity index (χ1n) is 11.2. The number of anilines is 2. The summed E-state index contributed by atoms with van der Waals surface area (Å²) in [6.07, 6.45) is 1.71. The van der Waals surface area contributed by atoms with Crippen LogP contribution in [0.3, 0.4) is 0 Å². The van der Waals surface area contributed by atoms with Crippen LogP contribution in [0.2, 0.25) is 0 Å². The van der Waals surface area contributed by atoms with Crippen molar-refractivity contribution in [1.29, 1.82) is 0 Å². The van der Waals surface area contributed by atoms with Crippen molar-refractivity contribution in [2.45, 2.75) is 33.1 Å². The van der Waals surface area contributed by atoms with Crippen LogP contribution in [0.4, 0.5) is 15.8 Å².